The molecule has 18 heavy (non-hydrogen) atoms. The summed E-state index contributed by atoms with van der Waals surface area (Å²) in [5.74, 6) is 0. The number of hydrogen-bond donors (Lipinski definition) is 2. The predicted molar refractivity (Wildman–Crippen MR) is 68.5 cm³/mol. The van der Waals surface area contributed by atoms with E-state index in [9.17, 15) is 8.42 Å². The molecule has 2 rings (SSSR count). The number of rotatable bonds is 3. The summed E-state index contributed by atoms with van der Waals surface area (Å²) in [6.45, 7) is 2.64. The Morgan fingerprint density at radius 3 is 2.89 bits per heavy atom. The average Bonchev–Trinajstić information content (AvgIpc) is 2.65. The van der Waals surface area contributed by atoms with Gasteiger partial charge in [0, 0.05) is 19.1 Å². The van der Waals surface area contributed by atoms with Gasteiger partial charge in [-0.25, -0.2) is 8.42 Å². The Morgan fingerprint density at radius 2 is 2.28 bits per heavy atom. The maximum absolute atomic E-state index is 12.6. The van der Waals surface area contributed by atoms with Crippen molar-refractivity contribution in [3.8, 4) is 0 Å². The molecular formula is C11H20N4O2S. The lowest BCUT2D eigenvalue weighted by Gasteiger charge is -2.27. The number of aryl methyl sites for hydroxylation is 1. The van der Waals surface area contributed by atoms with Crippen molar-refractivity contribution < 1.29 is 8.42 Å². The van der Waals surface area contributed by atoms with Crippen molar-refractivity contribution in [1.29, 1.82) is 0 Å². The molecule has 1 aliphatic rings. The fourth-order valence-electron chi connectivity index (χ4n) is 2.43. The average molecular weight is 272 g/mol. The molecule has 0 bridgehead atoms. The third kappa shape index (κ3) is 2.43. The number of aromatic nitrogens is 2. The Labute approximate surface area is 108 Å². The summed E-state index contributed by atoms with van der Waals surface area (Å²) in [6.07, 6.45) is 5.22. The van der Waals surface area contributed by atoms with Gasteiger partial charge < -0.3 is 5.73 Å². The van der Waals surface area contributed by atoms with Crippen molar-refractivity contribution in [1.82, 2.24) is 14.5 Å². The van der Waals surface area contributed by atoms with E-state index in [0.717, 1.165) is 25.7 Å². The molecule has 1 aromatic heterocycles. The van der Waals surface area contributed by atoms with Gasteiger partial charge in [0.1, 0.15) is 4.90 Å². The summed E-state index contributed by atoms with van der Waals surface area (Å²) < 4.78 is 26.8. The van der Waals surface area contributed by atoms with Gasteiger partial charge in [-0.15, -0.1) is 0 Å². The molecule has 1 unspecified atom stereocenters. The van der Waals surface area contributed by atoms with Crippen LogP contribution >= 0.6 is 0 Å². The highest BCUT2D eigenvalue weighted by atomic mass is 32.2. The first-order valence-electron chi connectivity index (χ1n) is 6.29. The van der Waals surface area contributed by atoms with Crippen molar-refractivity contribution >= 4 is 10.0 Å². The van der Waals surface area contributed by atoms with Crippen molar-refractivity contribution in [2.75, 3.05) is 13.1 Å². The smallest absolute Gasteiger partial charge is 0.246 e. The topological polar surface area (TPSA) is 92.1 Å². The van der Waals surface area contributed by atoms with Gasteiger partial charge >= 0.3 is 0 Å². The summed E-state index contributed by atoms with van der Waals surface area (Å²) in [5, 5.41) is 6.47. The second kappa shape index (κ2) is 5.38. The molecule has 102 valence electrons. The van der Waals surface area contributed by atoms with E-state index in [0.29, 0.717) is 18.8 Å². The van der Waals surface area contributed by atoms with Crippen LogP contribution < -0.4 is 5.73 Å². The molecule has 0 aliphatic carbocycles. The van der Waals surface area contributed by atoms with Gasteiger partial charge in [-0.1, -0.05) is 12.8 Å². The van der Waals surface area contributed by atoms with E-state index in [1.807, 2.05) is 0 Å². The quantitative estimate of drug-likeness (QED) is 0.843. The second-order valence-corrected chi connectivity index (χ2v) is 6.57. The minimum absolute atomic E-state index is 0.0909. The number of nitrogens with zero attached hydrogens (tertiary/aromatic N) is 2. The normalized spacial score (nSPS) is 22.9. The molecule has 6 nitrogen and oxygen atoms in total. The zero-order valence-corrected chi connectivity index (χ0v) is 11.4. The Balaban J connectivity index is 2.35. The largest absolute Gasteiger partial charge is 0.329 e. The Bertz CT molecular complexity index is 497. The van der Waals surface area contributed by atoms with E-state index >= 15 is 0 Å². The summed E-state index contributed by atoms with van der Waals surface area (Å²) in [4.78, 5) is 0.267. The second-order valence-electron chi connectivity index (χ2n) is 4.71. The lowest BCUT2D eigenvalue weighted by molar-refractivity contribution is 0.328. The highest BCUT2D eigenvalue weighted by Gasteiger charge is 2.33. The lowest BCUT2D eigenvalue weighted by atomic mass is 10.1. The highest BCUT2D eigenvalue weighted by Crippen LogP contribution is 2.25. The molecule has 7 heteroatoms. The van der Waals surface area contributed by atoms with Crippen LogP contribution in [-0.2, 0) is 10.0 Å². The molecule has 0 amide bonds. The summed E-state index contributed by atoms with van der Waals surface area (Å²) in [6, 6.07) is -0.0909. The summed E-state index contributed by atoms with van der Waals surface area (Å²) >= 11 is 0. The van der Waals surface area contributed by atoms with Crippen LogP contribution in [0.25, 0.3) is 0 Å². The van der Waals surface area contributed by atoms with Gasteiger partial charge in [0.05, 0.1) is 11.9 Å². The van der Waals surface area contributed by atoms with Crippen molar-refractivity contribution in [2.24, 2.45) is 5.73 Å². The van der Waals surface area contributed by atoms with Crippen LogP contribution in [0, 0.1) is 6.92 Å². The van der Waals surface area contributed by atoms with Crippen LogP contribution in [0.5, 0.6) is 0 Å². The van der Waals surface area contributed by atoms with E-state index in [-0.39, 0.29) is 10.9 Å². The zero-order valence-electron chi connectivity index (χ0n) is 10.6. The molecule has 1 fully saturated rings. The third-order valence-electron chi connectivity index (χ3n) is 3.47. The van der Waals surface area contributed by atoms with Crippen LogP contribution in [0.4, 0.5) is 0 Å². The number of hydrogen-bond acceptors (Lipinski definition) is 4. The fraction of sp³-hybridized carbons (Fsp3) is 0.727. The van der Waals surface area contributed by atoms with E-state index < -0.39 is 10.0 Å². The predicted octanol–water partition coefficient (Wildman–Crippen LogP) is 0.610. The minimum Gasteiger partial charge on any atom is -0.329 e. The SMILES string of the molecule is Cc1[nH]ncc1S(=O)(=O)N1CCCCCC1CN. The van der Waals surface area contributed by atoms with Crippen molar-refractivity contribution in [3.05, 3.63) is 11.9 Å². The first kappa shape index (κ1) is 13.5. The van der Waals surface area contributed by atoms with Gasteiger partial charge in [-0.3, -0.25) is 5.10 Å². The molecule has 1 aliphatic heterocycles. The Hall–Kier alpha value is -0.920. The third-order valence-corrected chi connectivity index (χ3v) is 5.53. The molecule has 0 spiro atoms. The first-order valence-corrected chi connectivity index (χ1v) is 7.73. The van der Waals surface area contributed by atoms with Gasteiger partial charge in [-0.05, 0) is 19.8 Å². The standard InChI is InChI=1S/C11H20N4O2S/c1-9-11(8-13-14-9)18(16,17)15-6-4-2-3-5-10(15)7-12/h8,10H,2-7,12H2,1H3,(H,13,14). The number of aromatic amines is 1. The zero-order chi connectivity index (χ0) is 13.2. The maximum atomic E-state index is 12.6. The Morgan fingerprint density at radius 1 is 1.50 bits per heavy atom. The van der Waals surface area contributed by atoms with Crippen LogP contribution in [0.3, 0.4) is 0 Å². The van der Waals surface area contributed by atoms with Crippen LogP contribution in [0.1, 0.15) is 31.4 Å². The lowest BCUT2D eigenvalue weighted by Crippen LogP contribution is -2.44. The van der Waals surface area contributed by atoms with Gasteiger partial charge in [-0.2, -0.15) is 9.40 Å². The molecule has 2 heterocycles. The van der Waals surface area contributed by atoms with Crippen LogP contribution in [-0.4, -0.2) is 42.1 Å². The maximum Gasteiger partial charge on any atom is 0.246 e. The molecule has 1 saturated heterocycles. The van der Waals surface area contributed by atoms with Gasteiger partial charge in [0.2, 0.25) is 10.0 Å². The van der Waals surface area contributed by atoms with E-state index in [4.69, 9.17) is 5.73 Å². The fourth-order valence-corrected chi connectivity index (χ4v) is 4.25. The van der Waals surface area contributed by atoms with E-state index in [1.54, 1.807) is 11.2 Å². The monoisotopic (exact) mass is 272 g/mol. The van der Waals surface area contributed by atoms with Crippen molar-refractivity contribution in [2.45, 2.75) is 43.5 Å². The number of H-pyrrole nitrogens is 1. The minimum atomic E-state index is -3.47. The molecule has 3 N–H and O–H groups in total. The van der Waals surface area contributed by atoms with Crippen LogP contribution in [0.2, 0.25) is 0 Å². The van der Waals surface area contributed by atoms with E-state index in [1.165, 1.54) is 6.20 Å². The molecule has 1 aromatic rings. The van der Waals surface area contributed by atoms with Crippen LogP contribution in [0.15, 0.2) is 11.1 Å². The molecule has 0 aromatic carbocycles. The summed E-state index contributed by atoms with van der Waals surface area (Å²) in [7, 11) is -3.47. The van der Waals surface area contributed by atoms with E-state index in [2.05, 4.69) is 10.2 Å². The van der Waals surface area contributed by atoms with Crippen molar-refractivity contribution in [3.63, 3.8) is 0 Å². The van der Waals surface area contributed by atoms with Gasteiger partial charge in [0.25, 0.3) is 0 Å². The Kier molecular flexibility index (Phi) is 4.04. The first-order chi connectivity index (χ1) is 8.57. The molecule has 1 atom stereocenters. The number of sulfonamides is 1. The number of nitrogens with two attached hydrogens (primary N) is 1. The molecule has 0 saturated carbocycles. The van der Waals surface area contributed by atoms with Gasteiger partial charge in [0.15, 0.2) is 0 Å². The molecular weight excluding hydrogens is 252 g/mol. The summed E-state index contributed by atoms with van der Waals surface area (Å²) in [5.41, 5.74) is 6.30. The highest BCUT2D eigenvalue weighted by molar-refractivity contribution is 7.89. The number of nitrogens with one attached hydrogen (secondary N) is 1. The molecule has 0 radical (unpaired) electrons.